The van der Waals surface area contributed by atoms with Crippen molar-refractivity contribution >= 4 is 28.6 Å². The Hall–Kier alpha value is -5.13. The maximum atomic E-state index is 7.85. The summed E-state index contributed by atoms with van der Waals surface area (Å²) in [5.74, 6) is 3.47. The Kier molecular flexibility index (Phi) is 11.2. The second kappa shape index (κ2) is 16.6. The van der Waals surface area contributed by atoms with E-state index < -0.39 is 5.60 Å². The summed E-state index contributed by atoms with van der Waals surface area (Å²) in [6, 6.07) is 37.5. The molecule has 4 nitrogen and oxygen atoms in total. The Balaban J connectivity index is 1.32. The highest BCUT2D eigenvalue weighted by Crippen LogP contribution is 2.65. The molecule has 1 aliphatic heterocycles. The Labute approximate surface area is 367 Å². The van der Waals surface area contributed by atoms with Crippen molar-refractivity contribution in [2.75, 3.05) is 20.3 Å². The maximum Gasteiger partial charge on any atom is 0.178 e. The van der Waals surface area contributed by atoms with Crippen LogP contribution in [0.2, 0.25) is 0 Å². The number of hydrogen-bond donors (Lipinski definition) is 0. The van der Waals surface area contributed by atoms with Crippen LogP contribution in [0.25, 0.3) is 28.0 Å². The maximum absolute atomic E-state index is 7.85. The fourth-order valence-corrected chi connectivity index (χ4v) is 11.8. The van der Waals surface area contributed by atoms with Gasteiger partial charge in [0.05, 0.1) is 25.2 Å². The molecule has 0 unspecified atom stereocenters. The first-order valence-corrected chi connectivity index (χ1v) is 23.5. The molecule has 3 aliphatic rings. The van der Waals surface area contributed by atoms with Crippen LogP contribution >= 0.6 is 11.8 Å². The quantitative estimate of drug-likeness (QED) is 0.116. The summed E-state index contributed by atoms with van der Waals surface area (Å²) >= 11 is 1.81. The van der Waals surface area contributed by atoms with Crippen molar-refractivity contribution in [3.63, 3.8) is 0 Å². The number of rotatable bonds is 13. The van der Waals surface area contributed by atoms with Gasteiger partial charge in [-0.1, -0.05) is 125 Å². The van der Waals surface area contributed by atoms with Gasteiger partial charge < -0.3 is 18.9 Å². The number of fused-ring (bicyclic) bond motifs is 10. The molecule has 1 heterocycles. The van der Waals surface area contributed by atoms with E-state index in [1.54, 1.807) is 7.11 Å². The van der Waals surface area contributed by atoms with E-state index in [2.05, 4.69) is 157 Å². The van der Waals surface area contributed by atoms with Crippen molar-refractivity contribution in [2.24, 2.45) is 5.41 Å². The zero-order valence-corrected chi connectivity index (χ0v) is 37.9. The lowest BCUT2D eigenvalue weighted by Gasteiger charge is -2.47. The molecular formula is C56H60O4S. The number of methoxy groups -OCH3 is 1. The Morgan fingerprint density at radius 3 is 1.85 bits per heavy atom. The monoisotopic (exact) mass is 828 g/mol. The molecular weight excluding hydrogens is 769 g/mol. The van der Waals surface area contributed by atoms with Crippen LogP contribution in [0.3, 0.4) is 0 Å². The molecule has 2 aliphatic carbocycles. The van der Waals surface area contributed by atoms with Crippen LogP contribution in [0.5, 0.6) is 23.0 Å². The van der Waals surface area contributed by atoms with Gasteiger partial charge in [-0.15, -0.1) is 0 Å². The number of hydrogen-bond acceptors (Lipinski definition) is 5. The molecule has 0 saturated heterocycles. The summed E-state index contributed by atoms with van der Waals surface area (Å²) in [7, 11) is 1.80. The molecule has 1 spiro atoms. The molecule has 0 bridgehead atoms. The molecule has 6 aromatic rings. The fraction of sp³-hybridized carbons (Fsp3) is 0.357. The third kappa shape index (κ3) is 6.92. The van der Waals surface area contributed by atoms with E-state index in [1.165, 1.54) is 74.9 Å². The Bertz CT molecular complexity index is 2520. The topological polar surface area (TPSA) is 36.9 Å². The molecule has 0 aromatic heterocycles. The molecule has 5 heteroatoms. The first-order chi connectivity index (χ1) is 29.7. The van der Waals surface area contributed by atoms with Crippen LogP contribution in [-0.2, 0) is 11.0 Å². The third-order valence-corrected chi connectivity index (χ3v) is 15.7. The molecule has 0 atom stereocenters. The molecule has 61 heavy (non-hydrogen) atoms. The number of benzene rings is 6. The summed E-state index contributed by atoms with van der Waals surface area (Å²) < 4.78 is 26.3. The van der Waals surface area contributed by atoms with Gasteiger partial charge in [-0.2, -0.15) is 0 Å². The smallest absolute Gasteiger partial charge is 0.178 e. The molecule has 314 valence electrons. The van der Waals surface area contributed by atoms with Crippen molar-refractivity contribution in [1.29, 1.82) is 0 Å². The molecule has 1 fully saturated rings. The number of aryl methyl sites for hydroxylation is 2. The van der Waals surface area contributed by atoms with E-state index in [0.717, 1.165) is 70.1 Å². The van der Waals surface area contributed by atoms with Gasteiger partial charge in [0.15, 0.2) is 5.60 Å². The van der Waals surface area contributed by atoms with Gasteiger partial charge >= 0.3 is 0 Å². The minimum absolute atomic E-state index is 0.123. The number of ether oxygens (including phenoxy) is 4. The van der Waals surface area contributed by atoms with Crippen molar-refractivity contribution in [3.05, 3.63) is 148 Å². The molecule has 6 aromatic carbocycles. The van der Waals surface area contributed by atoms with Crippen molar-refractivity contribution in [3.8, 4) is 34.1 Å². The van der Waals surface area contributed by atoms with Crippen LogP contribution in [0.4, 0.5) is 0 Å². The second-order valence-corrected chi connectivity index (χ2v) is 18.7. The molecule has 0 radical (unpaired) electrons. The van der Waals surface area contributed by atoms with E-state index in [9.17, 15) is 0 Å². The lowest BCUT2D eigenvalue weighted by Crippen LogP contribution is -2.38. The zero-order chi connectivity index (χ0) is 42.4. The van der Waals surface area contributed by atoms with E-state index >= 15 is 0 Å². The first-order valence-electron chi connectivity index (χ1n) is 22.6. The highest BCUT2D eigenvalue weighted by Gasteiger charge is 2.51. The molecule has 0 N–H and O–H groups in total. The average Bonchev–Trinajstić information content (AvgIpc) is 3.58. The minimum atomic E-state index is -0.926. The van der Waals surface area contributed by atoms with Gasteiger partial charge in [-0.25, -0.2) is 0 Å². The molecule has 1 saturated carbocycles. The van der Waals surface area contributed by atoms with Gasteiger partial charge in [0, 0.05) is 32.4 Å². The van der Waals surface area contributed by atoms with E-state index in [0.29, 0.717) is 18.6 Å². The van der Waals surface area contributed by atoms with Gasteiger partial charge in [-0.3, -0.25) is 0 Å². The fourth-order valence-electron chi connectivity index (χ4n) is 10.7. The van der Waals surface area contributed by atoms with E-state index in [-0.39, 0.29) is 5.41 Å². The van der Waals surface area contributed by atoms with Crippen molar-refractivity contribution in [2.45, 2.75) is 114 Å². The lowest BCUT2D eigenvalue weighted by molar-refractivity contribution is 0.132. The highest BCUT2D eigenvalue weighted by molar-refractivity contribution is 7.99. The SMILES string of the molecule is CCCOc1ccc(C2(c3ccc(OCCC)cc3)C=Cc3c4c(c5cc(Sc6c(C)cccc6C)c(OC)cc5c3O2)-c2ccccc2C42CCC(CC)(CC)CC2)cc1. The zero-order valence-electron chi connectivity index (χ0n) is 37.1. The minimum Gasteiger partial charge on any atom is -0.496 e. The van der Waals surface area contributed by atoms with Crippen molar-refractivity contribution in [1.82, 2.24) is 0 Å². The van der Waals surface area contributed by atoms with E-state index in [4.69, 9.17) is 18.9 Å². The lowest BCUT2D eigenvalue weighted by atomic mass is 9.58. The van der Waals surface area contributed by atoms with Gasteiger partial charge in [0.2, 0.25) is 0 Å². The standard InChI is InChI=1S/C56H60O4S/c1-8-33-58-41-23-19-39(20-24-41)56(40-21-25-42(26-22-40)59-34-9-2)28-27-44-51-50(43-17-12-13-18-47(43)55(51)31-29-54(10-3,11-4)30-32-55)45-36-49(48(57-7)35-46(45)52(44)60-56)61-53-37(5)15-14-16-38(53)6/h12-28,35-36H,8-11,29-34H2,1-7H3. The summed E-state index contributed by atoms with van der Waals surface area (Å²) in [6.07, 6.45) is 13.7. The summed E-state index contributed by atoms with van der Waals surface area (Å²) in [6.45, 7) is 14.8. The average molecular weight is 829 g/mol. The molecule has 9 rings (SSSR count). The van der Waals surface area contributed by atoms with Crippen LogP contribution in [0.1, 0.15) is 118 Å². The van der Waals surface area contributed by atoms with Crippen LogP contribution in [0, 0.1) is 19.3 Å². The predicted octanol–water partition coefficient (Wildman–Crippen LogP) is 15.2. The summed E-state index contributed by atoms with van der Waals surface area (Å²) in [4.78, 5) is 2.38. The van der Waals surface area contributed by atoms with E-state index in [1.807, 2.05) is 11.8 Å². The van der Waals surface area contributed by atoms with Gasteiger partial charge in [-0.05, 0) is 139 Å². The highest BCUT2D eigenvalue weighted by atomic mass is 32.2. The normalized spacial score (nSPS) is 16.4. The predicted molar refractivity (Wildman–Crippen MR) is 253 cm³/mol. The second-order valence-electron chi connectivity index (χ2n) is 17.6. The Morgan fingerprint density at radius 1 is 0.672 bits per heavy atom. The first kappa shape index (κ1) is 41.2. The summed E-state index contributed by atoms with van der Waals surface area (Å²) in [5, 5.41) is 2.28. The van der Waals surface area contributed by atoms with Crippen LogP contribution in [-0.4, -0.2) is 20.3 Å². The van der Waals surface area contributed by atoms with Crippen LogP contribution in [0.15, 0.2) is 119 Å². The largest absolute Gasteiger partial charge is 0.496 e. The summed E-state index contributed by atoms with van der Waals surface area (Å²) in [5.41, 5.74) is 10.7. The van der Waals surface area contributed by atoms with Crippen LogP contribution < -0.4 is 18.9 Å². The van der Waals surface area contributed by atoms with Gasteiger partial charge in [0.25, 0.3) is 0 Å². The third-order valence-electron chi connectivity index (χ3n) is 14.3. The molecule has 0 amide bonds. The van der Waals surface area contributed by atoms with Gasteiger partial charge in [0.1, 0.15) is 23.0 Å². The Morgan fingerprint density at radius 2 is 1.28 bits per heavy atom. The van der Waals surface area contributed by atoms with Crippen molar-refractivity contribution < 1.29 is 18.9 Å².